The second-order valence-electron chi connectivity index (χ2n) is 7.74. The van der Waals surface area contributed by atoms with Crippen molar-refractivity contribution >= 4 is 23.5 Å². The standard InChI is InChI=1S/C20H27N7O/c1-12-17(14-5-6-16(21)23-11-14)18(26-20(22)24-12)27-9-7-15(8-10-27)25-19(28)13-3-2-4-13/h5-6,11,13,15H,2-4,7-10H2,1H3,(H2,21,23)(H,25,28)(H2,22,24,26). The first kappa shape index (κ1) is 18.5. The average molecular weight is 381 g/mol. The molecule has 4 rings (SSSR count). The van der Waals surface area contributed by atoms with Gasteiger partial charge in [0.1, 0.15) is 11.6 Å². The molecule has 2 aromatic heterocycles. The summed E-state index contributed by atoms with van der Waals surface area (Å²) in [5.41, 5.74) is 14.3. The first-order chi connectivity index (χ1) is 13.5. The number of carbonyl (C=O) groups is 1. The van der Waals surface area contributed by atoms with Gasteiger partial charge in [-0.15, -0.1) is 0 Å². The van der Waals surface area contributed by atoms with Gasteiger partial charge < -0.3 is 21.7 Å². The summed E-state index contributed by atoms with van der Waals surface area (Å²) < 4.78 is 0. The first-order valence-corrected chi connectivity index (χ1v) is 9.92. The van der Waals surface area contributed by atoms with Crippen molar-refractivity contribution in [2.75, 3.05) is 29.5 Å². The lowest BCUT2D eigenvalue weighted by atomic mass is 9.84. The highest BCUT2D eigenvalue weighted by molar-refractivity contribution is 5.80. The normalized spacial score (nSPS) is 18.0. The van der Waals surface area contributed by atoms with E-state index < -0.39 is 0 Å². The van der Waals surface area contributed by atoms with Gasteiger partial charge in [-0.3, -0.25) is 4.79 Å². The molecule has 0 spiro atoms. The van der Waals surface area contributed by atoms with Gasteiger partial charge in [0.2, 0.25) is 11.9 Å². The predicted molar refractivity (Wildman–Crippen MR) is 110 cm³/mol. The van der Waals surface area contributed by atoms with Crippen LogP contribution in [-0.4, -0.2) is 40.0 Å². The lowest BCUT2D eigenvalue weighted by Gasteiger charge is -2.35. The number of aromatic nitrogens is 3. The molecular formula is C20H27N7O. The SMILES string of the molecule is Cc1nc(N)nc(N2CCC(NC(=O)C3CCC3)CC2)c1-c1ccc(N)nc1. The van der Waals surface area contributed by atoms with Crippen molar-refractivity contribution in [3.05, 3.63) is 24.0 Å². The fraction of sp³-hybridized carbons (Fsp3) is 0.500. The van der Waals surface area contributed by atoms with Crippen molar-refractivity contribution in [2.24, 2.45) is 5.92 Å². The fourth-order valence-corrected chi connectivity index (χ4v) is 3.92. The lowest BCUT2D eigenvalue weighted by Crippen LogP contribution is -2.47. The maximum atomic E-state index is 12.2. The third-order valence-corrected chi connectivity index (χ3v) is 5.78. The molecule has 0 bridgehead atoms. The minimum absolute atomic E-state index is 0.223. The Bertz CT molecular complexity index is 856. The Morgan fingerprint density at radius 1 is 1.14 bits per heavy atom. The first-order valence-electron chi connectivity index (χ1n) is 9.92. The van der Waals surface area contributed by atoms with Gasteiger partial charge in [0, 0.05) is 42.4 Å². The minimum atomic E-state index is 0.223. The number of pyridine rings is 1. The molecule has 8 nitrogen and oxygen atoms in total. The molecule has 5 N–H and O–H groups in total. The Labute approximate surface area is 164 Å². The monoisotopic (exact) mass is 381 g/mol. The number of amides is 1. The van der Waals surface area contributed by atoms with Gasteiger partial charge in [0.25, 0.3) is 0 Å². The number of nitrogens with one attached hydrogen (secondary N) is 1. The van der Waals surface area contributed by atoms with Gasteiger partial charge >= 0.3 is 0 Å². The van der Waals surface area contributed by atoms with Crippen LogP contribution in [0.15, 0.2) is 18.3 Å². The van der Waals surface area contributed by atoms with Crippen molar-refractivity contribution < 1.29 is 4.79 Å². The molecule has 1 saturated heterocycles. The molecule has 1 amide bonds. The second-order valence-corrected chi connectivity index (χ2v) is 7.74. The second kappa shape index (κ2) is 7.61. The van der Waals surface area contributed by atoms with Crippen molar-refractivity contribution in [3.8, 4) is 11.1 Å². The van der Waals surface area contributed by atoms with Crippen molar-refractivity contribution in [2.45, 2.75) is 45.1 Å². The van der Waals surface area contributed by atoms with Gasteiger partial charge in [-0.1, -0.05) is 6.42 Å². The molecule has 0 aromatic carbocycles. The third-order valence-electron chi connectivity index (χ3n) is 5.78. The van der Waals surface area contributed by atoms with E-state index in [2.05, 4.69) is 25.2 Å². The third kappa shape index (κ3) is 3.72. The largest absolute Gasteiger partial charge is 0.384 e. The molecule has 148 valence electrons. The van der Waals surface area contributed by atoms with Crippen LogP contribution >= 0.6 is 0 Å². The van der Waals surface area contributed by atoms with Crippen LogP contribution in [0.2, 0.25) is 0 Å². The Morgan fingerprint density at radius 3 is 2.50 bits per heavy atom. The number of hydrogen-bond acceptors (Lipinski definition) is 7. The zero-order valence-corrected chi connectivity index (χ0v) is 16.2. The molecule has 1 aliphatic carbocycles. The molecule has 2 aliphatic rings. The number of aryl methyl sites for hydroxylation is 1. The smallest absolute Gasteiger partial charge is 0.223 e. The summed E-state index contributed by atoms with van der Waals surface area (Å²) in [6.45, 7) is 3.54. The van der Waals surface area contributed by atoms with Crippen LogP contribution in [0.5, 0.6) is 0 Å². The maximum absolute atomic E-state index is 12.2. The number of carbonyl (C=O) groups excluding carboxylic acids is 1. The van der Waals surface area contributed by atoms with E-state index in [9.17, 15) is 4.79 Å². The fourth-order valence-electron chi connectivity index (χ4n) is 3.92. The Hall–Kier alpha value is -2.90. The van der Waals surface area contributed by atoms with E-state index in [0.717, 1.165) is 61.4 Å². The number of rotatable bonds is 4. The van der Waals surface area contributed by atoms with E-state index >= 15 is 0 Å². The number of hydrogen-bond donors (Lipinski definition) is 3. The number of nitrogens with zero attached hydrogens (tertiary/aromatic N) is 4. The number of nitrogens with two attached hydrogens (primary N) is 2. The van der Waals surface area contributed by atoms with E-state index in [-0.39, 0.29) is 23.8 Å². The van der Waals surface area contributed by atoms with E-state index in [1.165, 1.54) is 6.42 Å². The minimum Gasteiger partial charge on any atom is -0.384 e. The molecule has 0 atom stereocenters. The lowest BCUT2D eigenvalue weighted by molar-refractivity contribution is -0.128. The van der Waals surface area contributed by atoms with E-state index in [0.29, 0.717) is 5.82 Å². The molecule has 8 heteroatoms. The van der Waals surface area contributed by atoms with E-state index in [1.807, 2.05) is 13.0 Å². The Kier molecular flexibility index (Phi) is 5.02. The van der Waals surface area contributed by atoms with Crippen LogP contribution in [0.25, 0.3) is 11.1 Å². The molecule has 1 saturated carbocycles. The van der Waals surface area contributed by atoms with Crippen molar-refractivity contribution in [1.29, 1.82) is 0 Å². The molecule has 0 radical (unpaired) electrons. The van der Waals surface area contributed by atoms with Gasteiger partial charge in [-0.25, -0.2) is 9.97 Å². The summed E-state index contributed by atoms with van der Waals surface area (Å²) in [5.74, 6) is 2.01. The van der Waals surface area contributed by atoms with Gasteiger partial charge in [-0.05, 0) is 44.7 Å². The summed E-state index contributed by atoms with van der Waals surface area (Å²) in [5, 5.41) is 3.22. The molecule has 2 fully saturated rings. The molecule has 3 heterocycles. The van der Waals surface area contributed by atoms with Crippen LogP contribution in [0.3, 0.4) is 0 Å². The highest BCUT2D eigenvalue weighted by Crippen LogP contribution is 2.34. The van der Waals surface area contributed by atoms with Gasteiger partial charge in [0.05, 0.1) is 5.69 Å². The zero-order valence-electron chi connectivity index (χ0n) is 16.2. The highest BCUT2D eigenvalue weighted by atomic mass is 16.2. The van der Waals surface area contributed by atoms with Crippen LogP contribution < -0.4 is 21.7 Å². The summed E-state index contributed by atoms with van der Waals surface area (Å²) in [6, 6.07) is 3.93. The molecular weight excluding hydrogens is 354 g/mol. The van der Waals surface area contributed by atoms with Gasteiger partial charge in [-0.2, -0.15) is 4.98 Å². The maximum Gasteiger partial charge on any atom is 0.223 e. The topological polar surface area (TPSA) is 123 Å². The van der Waals surface area contributed by atoms with Crippen molar-refractivity contribution in [3.63, 3.8) is 0 Å². The average Bonchev–Trinajstić information content (AvgIpc) is 2.61. The van der Waals surface area contributed by atoms with Crippen LogP contribution in [-0.2, 0) is 4.79 Å². The zero-order chi connectivity index (χ0) is 19.7. The quantitative estimate of drug-likeness (QED) is 0.739. The van der Waals surface area contributed by atoms with Crippen LogP contribution in [0, 0.1) is 12.8 Å². The molecule has 0 unspecified atom stereocenters. The summed E-state index contributed by atoms with van der Waals surface area (Å²) in [6.07, 6.45) is 6.76. The Balaban J connectivity index is 1.51. The number of anilines is 3. The van der Waals surface area contributed by atoms with Crippen molar-refractivity contribution in [1.82, 2.24) is 20.3 Å². The van der Waals surface area contributed by atoms with E-state index in [1.54, 1.807) is 12.3 Å². The van der Waals surface area contributed by atoms with Gasteiger partial charge in [0.15, 0.2) is 0 Å². The van der Waals surface area contributed by atoms with E-state index in [4.69, 9.17) is 11.5 Å². The summed E-state index contributed by atoms with van der Waals surface area (Å²) >= 11 is 0. The summed E-state index contributed by atoms with van der Waals surface area (Å²) in [7, 11) is 0. The number of piperidine rings is 1. The van der Waals surface area contributed by atoms with Crippen LogP contribution in [0.1, 0.15) is 37.8 Å². The predicted octanol–water partition coefficient (Wildman–Crippen LogP) is 1.90. The molecule has 2 aromatic rings. The molecule has 28 heavy (non-hydrogen) atoms. The highest BCUT2D eigenvalue weighted by Gasteiger charge is 2.29. The van der Waals surface area contributed by atoms with Crippen LogP contribution in [0.4, 0.5) is 17.6 Å². The summed E-state index contributed by atoms with van der Waals surface area (Å²) in [4.78, 5) is 27.5. The Morgan fingerprint density at radius 2 is 1.89 bits per heavy atom. The molecule has 1 aliphatic heterocycles. The number of nitrogen functional groups attached to an aromatic ring is 2.